The molecule has 0 fully saturated rings. The van der Waals surface area contributed by atoms with Crippen LogP contribution in [0.4, 0.5) is 8.78 Å². The average Bonchev–Trinajstić information content (AvgIpc) is 2.37. The second kappa shape index (κ2) is 6.80. The first-order valence-corrected chi connectivity index (χ1v) is 6.20. The summed E-state index contributed by atoms with van der Waals surface area (Å²) in [5.74, 6) is -1.70. The number of hydrogen-bond donors (Lipinski definition) is 0. The molecule has 1 rings (SSSR count). The van der Waals surface area contributed by atoms with Gasteiger partial charge in [0.05, 0.1) is 18.1 Å². The molecule has 0 unspecified atom stereocenters. The van der Waals surface area contributed by atoms with Crippen LogP contribution >= 0.6 is 15.9 Å². The number of rotatable bonds is 5. The lowest BCUT2D eigenvalue weighted by molar-refractivity contribution is -0.142. The zero-order valence-electron chi connectivity index (χ0n) is 10.2. The van der Waals surface area contributed by atoms with Gasteiger partial charge in [0.25, 0.3) is 0 Å². The van der Waals surface area contributed by atoms with Crippen molar-refractivity contribution < 1.29 is 18.3 Å². The van der Waals surface area contributed by atoms with Crippen molar-refractivity contribution in [1.82, 2.24) is 4.90 Å². The van der Waals surface area contributed by atoms with Gasteiger partial charge in [0.15, 0.2) is 0 Å². The number of methoxy groups -OCH3 is 1. The standard InChI is InChI=1S/C12H14BrF2NO2/c1-3-16(7-11(17)18-2)6-8-10(14)5-4-9(13)12(8)15/h4-5H,3,6-7H2,1-2H3. The van der Waals surface area contributed by atoms with Gasteiger partial charge in [0.2, 0.25) is 0 Å². The van der Waals surface area contributed by atoms with E-state index >= 15 is 0 Å². The van der Waals surface area contributed by atoms with Crippen molar-refractivity contribution in [3.63, 3.8) is 0 Å². The van der Waals surface area contributed by atoms with Crippen molar-refractivity contribution in [2.24, 2.45) is 0 Å². The third-order valence-corrected chi connectivity index (χ3v) is 3.16. The highest BCUT2D eigenvalue weighted by molar-refractivity contribution is 9.10. The molecule has 1 aromatic carbocycles. The summed E-state index contributed by atoms with van der Waals surface area (Å²) >= 11 is 3.00. The van der Waals surface area contributed by atoms with Crippen LogP contribution in [0.5, 0.6) is 0 Å². The number of nitrogens with zero attached hydrogens (tertiary/aromatic N) is 1. The minimum atomic E-state index is -0.640. The van der Waals surface area contributed by atoms with E-state index in [0.29, 0.717) is 6.54 Å². The van der Waals surface area contributed by atoms with Gasteiger partial charge in [-0.15, -0.1) is 0 Å². The van der Waals surface area contributed by atoms with Crippen molar-refractivity contribution in [3.8, 4) is 0 Å². The van der Waals surface area contributed by atoms with E-state index in [-0.39, 0.29) is 23.1 Å². The van der Waals surface area contributed by atoms with Gasteiger partial charge in [-0.05, 0) is 34.6 Å². The molecule has 18 heavy (non-hydrogen) atoms. The highest BCUT2D eigenvalue weighted by Gasteiger charge is 2.17. The lowest BCUT2D eigenvalue weighted by Gasteiger charge is -2.19. The molecule has 0 bridgehead atoms. The van der Waals surface area contributed by atoms with Crippen molar-refractivity contribution in [2.75, 3.05) is 20.2 Å². The van der Waals surface area contributed by atoms with E-state index in [2.05, 4.69) is 20.7 Å². The minimum Gasteiger partial charge on any atom is -0.468 e. The van der Waals surface area contributed by atoms with Crippen LogP contribution in [0, 0.1) is 11.6 Å². The predicted octanol–water partition coefficient (Wildman–Crippen LogP) is 2.72. The third-order valence-electron chi connectivity index (χ3n) is 2.55. The molecule has 0 radical (unpaired) electrons. The summed E-state index contributed by atoms with van der Waals surface area (Å²) in [6, 6.07) is 2.50. The van der Waals surface area contributed by atoms with Crippen LogP contribution in [0.3, 0.4) is 0 Å². The number of hydrogen-bond acceptors (Lipinski definition) is 3. The molecular formula is C12H14BrF2NO2. The van der Waals surface area contributed by atoms with Crippen molar-refractivity contribution in [3.05, 3.63) is 33.8 Å². The largest absolute Gasteiger partial charge is 0.468 e. The summed E-state index contributed by atoms with van der Waals surface area (Å²) in [6.45, 7) is 2.30. The highest BCUT2D eigenvalue weighted by atomic mass is 79.9. The molecule has 0 heterocycles. The molecule has 0 saturated heterocycles. The molecule has 0 N–H and O–H groups in total. The summed E-state index contributed by atoms with van der Waals surface area (Å²) in [7, 11) is 1.27. The van der Waals surface area contributed by atoms with Gasteiger partial charge in [0, 0.05) is 12.1 Å². The first-order valence-electron chi connectivity index (χ1n) is 5.41. The molecule has 6 heteroatoms. The maximum atomic E-state index is 13.7. The Kier molecular flexibility index (Phi) is 5.68. The number of benzene rings is 1. The molecule has 3 nitrogen and oxygen atoms in total. The van der Waals surface area contributed by atoms with Crippen LogP contribution in [0.1, 0.15) is 12.5 Å². The van der Waals surface area contributed by atoms with Gasteiger partial charge in [-0.3, -0.25) is 9.69 Å². The zero-order chi connectivity index (χ0) is 13.7. The number of carbonyl (C=O) groups excluding carboxylic acids is 1. The fourth-order valence-electron chi connectivity index (χ4n) is 1.46. The second-order valence-corrected chi connectivity index (χ2v) is 4.56. The van der Waals surface area contributed by atoms with Crippen LogP contribution in [-0.2, 0) is 16.1 Å². The van der Waals surface area contributed by atoms with E-state index in [1.807, 2.05) is 0 Å². The van der Waals surface area contributed by atoms with E-state index < -0.39 is 17.6 Å². The van der Waals surface area contributed by atoms with Gasteiger partial charge < -0.3 is 4.74 Å². The Morgan fingerprint density at radius 3 is 2.67 bits per heavy atom. The van der Waals surface area contributed by atoms with Gasteiger partial charge in [-0.2, -0.15) is 0 Å². The Bertz CT molecular complexity index is 440. The number of likely N-dealkylation sites (N-methyl/N-ethyl adjacent to an activating group) is 1. The summed E-state index contributed by atoms with van der Waals surface area (Å²) in [5.41, 5.74) is -0.0601. The first kappa shape index (κ1) is 15.0. The molecule has 0 aliphatic rings. The molecule has 0 aromatic heterocycles. The monoisotopic (exact) mass is 321 g/mol. The molecule has 0 aliphatic carbocycles. The van der Waals surface area contributed by atoms with Gasteiger partial charge in [-0.1, -0.05) is 6.92 Å². The van der Waals surface area contributed by atoms with Crippen LogP contribution < -0.4 is 0 Å². The molecule has 0 saturated carbocycles. The molecular weight excluding hydrogens is 308 g/mol. The molecule has 0 aliphatic heterocycles. The lowest BCUT2D eigenvalue weighted by atomic mass is 10.2. The Balaban J connectivity index is 2.88. The Morgan fingerprint density at radius 2 is 2.11 bits per heavy atom. The van der Waals surface area contributed by atoms with E-state index in [0.717, 1.165) is 0 Å². The first-order chi connectivity index (χ1) is 8.49. The molecule has 0 amide bonds. The van der Waals surface area contributed by atoms with Crippen molar-refractivity contribution in [1.29, 1.82) is 0 Å². The summed E-state index contributed by atoms with van der Waals surface area (Å²) in [6.07, 6.45) is 0. The zero-order valence-corrected chi connectivity index (χ0v) is 11.8. The second-order valence-electron chi connectivity index (χ2n) is 3.70. The van der Waals surface area contributed by atoms with Gasteiger partial charge in [0.1, 0.15) is 11.6 Å². The quantitative estimate of drug-likeness (QED) is 0.617. The van der Waals surface area contributed by atoms with E-state index in [9.17, 15) is 13.6 Å². The molecule has 1 aromatic rings. The van der Waals surface area contributed by atoms with Crippen LogP contribution in [0.25, 0.3) is 0 Å². The van der Waals surface area contributed by atoms with Crippen LogP contribution in [0.2, 0.25) is 0 Å². The van der Waals surface area contributed by atoms with Crippen molar-refractivity contribution >= 4 is 21.9 Å². The predicted molar refractivity (Wildman–Crippen MR) is 67.0 cm³/mol. The summed E-state index contributed by atoms with van der Waals surface area (Å²) in [5, 5.41) is 0. The van der Waals surface area contributed by atoms with E-state index in [1.165, 1.54) is 19.2 Å². The molecule has 0 spiro atoms. The fraction of sp³-hybridized carbons (Fsp3) is 0.417. The minimum absolute atomic E-state index is 0.00159. The number of esters is 1. The normalized spacial score (nSPS) is 10.8. The Hall–Kier alpha value is -1.01. The van der Waals surface area contributed by atoms with Gasteiger partial charge in [-0.25, -0.2) is 8.78 Å². The van der Waals surface area contributed by atoms with E-state index in [1.54, 1.807) is 11.8 Å². The van der Waals surface area contributed by atoms with Crippen LogP contribution in [0.15, 0.2) is 16.6 Å². The number of carbonyl (C=O) groups is 1. The Labute approximate surface area is 113 Å². The fourth-order valence-corrected chi connectivity index (χ4v) is 1.84. The van der Waals surface area contributed by atoms with E-state index in [4.69, 9.17) is 0 Å². The summed E-state index contributed by atoms with van der Waals surface area (Å²) in [4.78, 5) is 12.7. The highest BCUT2D eigenvalue weighted by Crippen LogP contribution is 2.22. The SMILES string of the molecule is CCN(CC(=O)OC)Cc1c(F)ccc(Br)c1F. The molecule has 100 valence electrons. The van der Waals surface area contributed by atoms with Crippen LogP contribution in [-0.4, -0.2) is 31.1 Å². The maximum Gasteiger partial charge on any atom is 0.319 e. The van der Waals surface area contributed by atoms with Gasteiger partial charge >= 0.3 is 5.97 Å². The Morgan fingerprint density at radius 1 is 1.44 bits per heavy atom. The number of halogens is 3. The maximum absolute atomic E-state index is 13.7. The smallest absolute Gasteiger partial charge is 0.319 e. The summed E-state index contributed by atoms with van der Waals surface area (Å²) < 4.78 is 32.0. The average molecular weight is 322 g/mol. The topological polar surface area (TPSA) is 29.5 Å². The van der Waals surface area contributed by atoms with Crippen molar-refractivity contribution in [2.45, 2.75) is 13.5 Å². The number of ether oxygens (including phenoxy) is 1. The lowest BCUT2D eigenvalue weighted by Crippen LogP contribution is -2.30. The third kappa shape index (κ3) is 3.74. The molecule has 0 atom stereocenters.